The van der Waals surface area contributed by atoms with Crippen LogP contribution < -0.4 is 62.9 Å². The maximum absolute atomic E-state index is 9.72. The van der Waals surface area contributed by atoms with Crippen molar-refractivity contribution in [3.05, 3.63) is 35.4 Å². The number of phenolic OH excluding ortho intramolecular Hbond substituents is 1. The maximum Gasteiger partial charge on any atom is 1.00 e. The van der Waals surface area contributed by atoms with Gasteiger partial charge in [0.25, 0.3) is 0 Å². The van der Waals surface area contributed by atoms with Crippen LogP contribution in [0.15, 0.2) is 23.8 Å². The molecule has 2 rings (SSSR count). The monoisotopic (exact) mass is 344 g/mol. The first-order valence-corrected chi connectivity index (χ1v) is 6.94. The molecular weight excluding hydrogens is 322 g/mol. The van der Waals surface area contributed by atoms with Crippen LogP contribution in [-0.2, 0) is 0 Å². The molecular formula is C17H23O2Rb. The van der Waals surface area contributed by atoms with Crippen molar-refractivity contribution >= 4 is 0 Å². The quantitative estimate of drug-likeness (QED) is 0.663. The summed E-state index contributed by atoms with van der Waals surface area (Å²) in [5, 5.41) is 9.72. The van der Waals surface area contributed by atoms with E-state index in [0.29, 0.717) is 5.92 Å². The molecule has 2 nitrogen and oxygen atoms in total. The Morgan fingerprint density at radius 3 is 2.60 bits per heavy atom. The molecule has 0 spiro atoms. The minimum absolute atomic E-state index is 0. The van der Waals surface area contributed by atoms with Crippen molar-refractivity contribution in [2.75, 3.05) is 0 Å². The minimum atomic E-state index is -0.233. The zero-order valence-electron chi connectivity index (χ0n) is 13.3. The number of rotatable bonds is 3. The third-order valence-electron chi connectivity index (χ3n) is 4.18. The topological polar surface area (TPSA) is 29.5 Å². The second-order valence-electron chi connectivity index (χ2n) is 6.06. The van der Waals surface area contributed by atoms with E-state index in [2.05, 4.69) is 32.9 Å². The summed E-state index contributed by atoms with van der Waals surface area (Å²) in [5.41, 5.74) is 2.03. The summed E-state index contributed by atoms with van der Waals surface area (Å²) in [4.78, 5) is 0. The molecule has 0 saturated heterocycles. The Labute approximate surface area is 171 Å². The van der Waals surface area contributed by atoms with E-state index < -0.39 is 0 Å². The summed E-state index contributed by atoms with van der Waals surface area (Å²) in [7, 11) is 0. The molecule has 0 aromatic heterocycles. The molecule has 1 atom stereocenters. The van der Waals surface area contributed by atoms with Gasteiger partial charge in [0.05, 0.1) is 5.60 Å². The van der Waals surface area contributed by atoms with Crippen LogP contribution in [0.2, 0.25) is 0 Å². The zero-order valence-corrected chi connectivity index (χ0v) is 18.2. The smallest absolute Gasteiger partial charge is 0.565 e. The number of hydrogen-bond acceptors (Lipinski definition) is 2. The fraction of sp³-hybridized carbons (Fsp3) is 0.529. The minimum Gasteiger partial charge on any atom is -0.565 e. The summed E-state index contributed by atoms with van der Waals surface area (Å²) in [6.45, 7) is 8.34. The van der Waals surface area contributed by atoms with E-state index in [4.69, 9.17) is 4.74 Å². The van der Waals surface area contributed by atoms with Gasteiger partial charge in [-0.05, 0) is 40.0 Å². The van der Waals surface area contributed by atoms with Gasteiger partial charge in [-0.3, -0.25) is 0 Å². The third kappa shape index (κ3) is 4.43. The molecule has 1 aromatic carbocycles. The van der Waals surface area contributed by atoms with Crippen molar-refractivity contribution in [3.8, 4) is 11.5 Å². The molecule has 0 saturated carbocycles. The summed E-state index contributed by atoms with van der Waals surface area (Å²) in [6, 6.07) is 6.29. The first-order chi connectivity index (χ1) is 8.90. The number of hydrogen-bond donors (Lipinski definition) is 1. The predicted octanol–water partition coefficient (Wildman–Crippen LogP) is 1.41. The van der Waals surface area contributed by atoms with Crippen molar-refractivity contribution in [2.45, 2.75) is 52.6 Å². The molecule has 1 N–H and O–H groups in total. The molecule has 20 heavy (non-hydrogen) atoms. The molecule has 0 fully saturated rings. The predicted molar refractivity (Wildman–Crippen MR) is 77.5 cm³/mol. The summed E-state index contributed by atoms with van der Waals surface area (Å²) >= 11 is 0. The van der Waals surface area contributed by atoms with Gasteiger partial charge in [-0.1, -0.05) is 24.1 Å². The van der Waals surface area contributed by atoms with Crippen LogP contribution in [0.5, 0.6) is 11.5 Å². The SMILES string of the molecule is CC1=CC[C@H](C(C)(C)Oc2c[c-]cc(O)c2C)CC1.[Rb+]. The van der Waals surface area contributed by atoms with E-state index in [1.54, 1.807) is 12.1 Å². The van der Waals surface area contributed by atoms with Gasteiger partial charge in [0.2, 0.25) is 0 Å². The molecule has 1 aliphatic rings. The van der Waals surface area contributed by atoms with Crippen molar-refractivity contribution in [1.82, 2.24) is 0 Å². The molecule has 0 unspecified atom stereocenters. The van der Waals surface area contributed by atoms with Gasteiger partial charge in [-0.25, -0.2) is 0 Å². The second-order valence-corrected chi connectivity index (χ2v) is 6.06. The molecule has 3 heteroatoms. The van der Waals surface area contributed by atoms with Gasteiger partial charge in [-0.2, -0.15) is 6.07 Å². The summed E-state index contributed by atoms with van der Waals surface area (Å²) in [5.74, 6) is 1.49. The fourth-order valence-electron chi connectivity index (χ4n) is 2.61. The maximum atomic E-state index is 9.72. The number of ether oxygens (including phenoxy) is 1. The van der Waals surface area contributed by atoms with E-state index in [0.717, 1.165) is 30.6 Å². The Balaban J connectivity index is 0.00000200. The number of allylic oxidation sites excluding steroid dienone is 2. The molecule has 0 bridgehead atoms. The van der Waals surface area contributed by atoms with Crippen LogP contribution in [0, 0.1) is 18.9 Å². The molecule has 0 amide bonds. The van der Waals surface area contributed by atoms with Crippen molar-refractivity contribution in [2.24, 2.45) is 5.92 Å². The summed E-state index contributed by atoms with van der Waals surface area (Å²) in [6.07, 6.45) is 5.71. The normalized spacial score (nSPS) is 19.0. The molecule has 0 radical (unpaired) electrons. The molecule has 0 heterocycles. The first kappa shape index (κ1) is 18.4. The number of phenols is 1. The first-order valence-electron chi connectivity index (χ1n) is 6.94. The Bertz CT molecular complexity index is 492. The molecule has 0 aliphatic heterocycles. The Morgan fingerprint density at radius 1 is 1.30 bits per heavy atom. The molecule has 1 aliphatic carbocycles. The van der Waals surface area contributed by atoms with E-state index in [1.165, 1.54) is 5.57 Å². The number of aromatic hydroxyl groups is 1. The van der Waals surface area contributed by atoms with Gasteiger partial charge in [-0.15, -0.1) is 12.1 Å². The van der Waals surface area contributed by atoms with Crippen molar-refractivity contribution in [3.63, 3.8) is 0 Å². The van der Waals surface area contributed by atoms with E-state index in [-0.39, 0.29) is 69.5 Å². The van der Waals surface area contributed by atoms with Gasteiger partial charge in [0.15, 0.2) is 0 Å². The van der Waals surface area contributed by atoms with Crippen LogP contribution in [-0.4, -0.2) is 10.7 Å². The van der Waals surface area contributed by atoms with Crippen LogP contribution in [0.1, 0.15) is 45.6 Å². The van der Waals surface area contributed by atoms with Crippen LogP contribution >= 0.6 is 0 Å². The Morgan fingerprint density at radius 2 is 2.00 bits per heavy atom. The zero-order chi connectivity index (χ0) is 14.0. The largest absolute Gasteiger partial charge is 1.00 e. The van der Waals surface area contributed by atoms with Gasteiger partial charge < -0.3 is 9.84 Å². The average Bonchev–Trinajstić information content (AvgIpc) is 2.35. The second kappa shape index (κ2) is 7.57. The van der Waals surface area contributed by atoms with Gasteiger partial charge >= 0.3 is 58.2 Å². The van der Waals surface area contributed by atoms with Crippen LogP contribution in [0.3, 0.4) is 0 Å². The fourth-order valence-corrected chi connectivity index (χ4v) is 2.61. The Hall–Kier alpha value is 0.365. The average molecular weight is 345 g/mol. The van der Waals surface area contributed by atoms with E-state index >= 15 is 0 Å². The number of benzene rings is 1. The van der Waals surface area contributed by atoms with Gasteiger partial charge in [0, 0.05) is 17.4 Å². The third-order valence-corrected chi connectivity index (χ3v) is 4.18. The standard InChI is InChI=1S/C17H23O2.Rb/c1-12-8-10-14(11-9-12)17(3,4)19-16-7-5-6-15(18)13(16)2;/h6-8,14,18H,9-11H2,1-4H3;/q-1;+1/t14-;/m0./s1. The van der Waals surface area contributed by atoms with E-state index in [1.807, 2.05) is 6.92 Å². The Kier molecular flexibility index (Phi) is 6.97. The molecule has 104 valence electrons. The summed E-state index contributed by atoms with van der Waals surface area (Å²) < 4.78 is 6.17. The van der Waals surface area contributed by atoms with Gasteiger partial charge in [0.1, 0.15) is 0 Å². The van der Waals surface area contributed by atoms with Crippen LogP contribution in [0.4, 0.5) is 0 Å². The molecule has 1 aromatic rings. The van der Waals surface area contributed by atoms with Crippen LogP contribution in [0.25, 0.3) is 0 Å². The van der Waals surface area contributed by atoms with Crippen molar-refractivity contribution < 1.29 is 68.0 Å². The van der Waals surface area contributed by atoms with Crippen molar-refractivity contribution in [1.29, 1.82) is 0 Å². The van der Waals surface area contributed by atoms with E-state index in [9.17, 15) is 5.11 Å².